The van der Waals surface area contributed by atoms with Gasteiger partial charge in [0.15, 0.2) is 0 Å². The van der Waals surface area contributed by atoms with E-state index in [1.165, 1.54) is 0 Å². The molecule has 31 heavy (non-hydrogen) atoms. The highest BCUT2D eigenvalue weighted by molar-refractivity contribution is 5.53. The summed E-state index contributed by atoms with van der Waals surface area (Å²) in [5.41, 5.74) is -4.10. The summed E-state index contributed by atoms with van der Waals surface area (Å²) in [4.78, 5) is 5.04. The molecule has 4 nitrogen and oxygen atoms in total. The van der Waals surface area contributed by atoms with Crippen LogP contribution in [0, 0.1) is 58.9 Å². The number of nitrogens with one attached hydrogen (secondary N) is 2. The number of pyridine rings is 2. The van der Waals surface area contributed by atoms with E-state index in [1.807, 2.05) is 0 Å². The zero-order chi connectivity index (χ0) is 22.3. The molecule has 4 aliphatic rings. The average Bonchev–Trinajstić information content (AvgIpc) is 3.07. The van der Waals surface area contributed by atoms with E-state index in [0.29, 0.717) is 19.3 Å². The van der Waals surface area contributed by atoms with Gasteiger partial charge in [-0.05, 0) is 43.9 Å². The predicted octanol–water partition coefficient (Wildman–Crippen LogP) is 4.81. The number of anilines is 2. The number of halogens is 8. The van der Waals surface area contributed by atoms with Crippen molar-refractivity contribution >= 4 is 11.4 Å². The first-order valence-corrected chi connectivity index (χ1v) is 9.50. The SMILES string of the molecule is Fc1nc(F)c(F)c(NC23CC4CC(C2)C(Nc2c(F)c(F)nc(F)c2F)(C4)C3)c1F. The highest BCUT2D eigenvalue weighted by Gasteiger charge is 2.64. The van der Waals surface area contributed by atoms with E-state index in [0.717, 1.165) is 0 Å². The molecule has 4 aliphatic carbocycles. The van der Waals surface area contributed by atoms with E-state index < -0.39 is 69.5 Å². The lowest BCUT2D eigenvalue weighted by atomic mass is 9.74. The lowest BCUT2D eigenvalue weighted by molar-refractivity contribution is 0.247. The Balaban J connectivity index is 1.51. The summed E-state index contributed by atoms with van der Waals surface area (Å²) in [6, 6.07) is 0. The normalized spacial score (nSPS) is 30.8. The van der Waals surface area contributed by atoms with E-state index >= 15 is 0 Å². The van der Waals surface area contributed by atoms with Crippen molar-refractivity contribution < 1.29 is 35.1 Å². The maximum atomic E-state index is 14.2. The highest BCUT2D eigenvalue weighted by Crippen LogP contribution is 2.64. The van der Waals surface area contributed by atoms with E-state index in [-0.39, 0.29) is 24.7 Å². The Morgan fingerprint density at radius 3 is 1.65 bits per heavy atom. The van der Waals surface area contributed by atoms with Gasteiger partial charge in [-0.25, -0.2) is 0 Å². The smallest absolute Gasteiger partial charge is 0.253 e. The molecule has 2 aromatic heterocycles. The lowest BCUT2D eigenvalue weighted by Gasteiger charge is -2.42. The molecule has 4 atom stereocenters. The second-order valence-corrected chi connectivity index (χ2v) is 8.67. The third kappa shape index (κ3) is 2.86. The van der Waals surface area contributed by atoms with Crippen molar-refractivity contribution in [3.63, 3.8) is 0 Å². The minimum absolute atomic E-state index is 0.0437. The van der Waals surface area contributed by atoms with Crippen molar-refractivity contribution in [2.24, 2.45) is 11.8 Å². The molecule has 4 fully saturated rings. The minimum atomic E-state index is -1.81. The first-order chi connectivity index (χ1) is 14.5. The van der Waals surface area contributed by atoms with Gasteiger partial charge in [0.05, 0.1) is 0 Å². The third-order valence-corrected chi connectivity index (χ3v) is 6.78. The van der Waals surface area contributed by atoms with Crippen LogP contribution in [0.1, 0.15) is 32.1 Å². The molecule has 12 heteroatoms. The van der Waals surface area contributed by atoms with Gasteiger partial charge in [-0.15, -0.1) is 0 Å². The summed E-state index contributed by atoms with van der Waals surface area (Å²) in [6.45, 7) is 0. The van der Waals surface area contributed by atoms with Crippen LogP contribution in [0.5, 0.6) is 0 Å². The quantitative estimate of drug-likeness (QED) is 0.519. The Hall–Kier alpha value is -2.66. The van der Waals surface area contributed by atoms with Gasteiger partial charge in [-0.1, -0.05) is 0 Å². The van der Waals surface area contributed by atoms with E-state index in [1.54, 1.807) is 0 Å². The molecule has 0 aliphatic heterocycles. The van der Waals surface area contributed by atoms with Crippen LogP contribution in [0.15, 0.2) is 0 Å². The first kappa shape index (κ1) is 20.3. The highest BCUT2D eigenvalue weighted by atomic mass is 19.2. The maximum absolute atomic E-state index is 14.2. The largest absolute Gasteiger partial charge is 0.374 e. The number of hydrogen-bond donors (Lipinski definition) is 2. The zero-order valence-corrected chi connectivity index (χ0v) is 15.6. The fraction of sp³-hybridized carbons (Fsp3) is 0.474. The molecule has 6 rings (SSSR count). The third-order valence-electron chi connectivity index (χ3n) is 6.78. The summed E-state index contributed by atoms with van der Waals surface area (Å²) in [5, 5.41) is 5.17. The molecule has 2 aromatic rings. The Labute approximate surface area is 170 Å². The molecule has 2 N–H and O–H groups in total. The van der Waals surface area contributed by atoms with Crippen molar-refractivity contribution in [2.45, 2.75) is 43.2 Å². The van der Waals surface area contributed by atoms with Crippen LogP contribution in [-0.4, -0.2) is 21.0 Å². The number of nitrogens with zero attached hydrogens (tertiary/aromatic N) is 2. The van der Waals surface area contributed by atoms with E-state index in [9.17, 15) is 35.1 Å². The topological polar surface area (TPSA) is 49.8 Å². The summed E-state index contributed by atoms with van der Waals surface area (Å²) in [7, 11) is 0. The second-order valence-electron chi connectivity index (χ2n) is 8.67. The molecule has 4 bridgehead atoms. The van der Waals surface area contributed by atoms with Gasteiger partial charge in [0.1, 0.15) is 11.4 Å². The molecule has 0 radical (unpaired) electrons. The van der Waals surface area contributed by atoms with Crippen LogP contribution < -0.4 is 10.6 Å². The first-order valence-electron chi connectivity index (χ1n) is 9.50. The van der Waals surface area contributed by atoms with Crippen molar-refractivity contribution in [3.05, 3.63) is 47.1 Å². The molecule has 0 aromatic carbocycles. The molecule has 4 saturated carbocycles. The van der Waals surface area contributed by atoms with Crippen molar-refractivity contribution in [1.82, 2.24) is 9.97 Å². The Morgan fingerprint density at radius 1 is 0.645 bits per heavy atom. The molecule has 2 heterocycles. The van der Waals surface area contributed by atoms with Crippen LogP contribution in [0.2, 0.25) is 0 Å². The van der Waals surface area contributed by atoms with Crippen LogP contribution in [0.25, 0.3) is 0 Å². The van der Waals surface area contributed by atoms with Gasteiger partial charge in [0.2, 0.25) is 23.3 Å². The van der Waals surface area contributed by atoms with Gasteiger partial charge in [0, 0.05) is 11.1 Å². The summed E-state index contributed by atoms with van der Waals surface area (Å²) < 4.78 is 111. The van der Waals surface area contributed by atoms with E-state index in [2.05, 4.69) is 20.6 Å². The fourth-order valence-corrected chi connectivity index (χ4v) is 5.95. The summed E-state index contributed by atoms with van der Waals surface area (Å²) in [5.74, 6) is -14.3. The Morgan fingerprint density at radius 2 is 1.13 bits per heavy atom. The molecular weight excluding hydrogens is 436 g/mol. The lowest BCUT2D eigenvalue weighted by Crippen LogP contribution is -2.48. The Bertz CT molecular complexity index is 1060. The van der Waals surface area contributed by atoms with Crippen LogP contribution in [0.3, 0.4) is 0 Å². The summed E-state index contributed by atoms with van der Waals surface area (Å²) >= 11 is 0. The molecule has 0 amide bonds. The monoisotopic (exact) mass is 450 g/mol. The minimum Gasteiger partial charge on any atom is -0.374 e. The zero-order valence-electron chi connectivity index (χ0n) is 15.6. The van der Waals surface area contributed by atoms with Crippen LogP contribution >= 0.6 is 0 Å². The molecule has 166 valence electrons. The van der Waals surface area contributed by atoms with Gasteiger partial charge < -0.3 is 10.6 Å². The predicted molar refractivity (Wildman–Crippen MR) is 90.9 cm³/mol. The number of aromatic nitrogens is 2. The maximum Gasteiger partial charge on any atom is 0.253 e. The molecule has 0 saturated heterocycles. The van der Waals surface area contributed by atoms with Crippen LogP contribution in [-0.2, 0) is 0 Å². The van der Waals surface area contributed by atoms with Crippen molar-refractivity contribution in [1.29, 1.82) is 0 Å². The molecule has 0 spiro atoms. The van der Waals surface area contributed by atoms with Crippen molar-refractivity contribution in [3.8, 4) is 0 Å². The number of rotatable bonds is 4. The standard InChI is InChI=1S/C19H14F8N4/c20-8-12(9(21)15(25)28-14(8)24)30-18-2-6-1-7(4-18)19(3-6,5-18)31-13-10(22)16(26)29-17(27)11(13)23/h6-7H,1-5H2,(H,28,30)(H,29,31). The molecular formula is C19H14F8N4. The van der Waals surface area contributed by atoms with Crippen molar-refractivity contribution in [2.75, 3.05) is 10.6 Å². The van der Waals surface area contributed by atoms with Gasteiger partial charge in [-0.3, -0.25) is 0 Å². The van der Waals surface area contributed by atoms with Gasteiger partial charge >= 0.3 is 0 Å². The second kappa shape index (κ2) is 6.42. The fourth-order valence-electron chi connectivity index (χ4n) is 5.95. The van der Waals surface area contributed by atoms with Crippen LogP contribution in [0.4, 0.5) is 46.5 Å². The van der Waals surface area contributed by atoms with Gasteiger partial charge in [0.25, 0.3) is 23.8 Å². The summed E-state index contributed by atoms with van der Waals surface area (Å²) in [6.07, 6.45) is 1.72. The number of hydrogen-bond acceptors (Lipinski definition) is 4. The van der Waals surface area contributed by atoms with E-state index in [4.69, 9.17) is 0 Å². The Kier molecular flexibility index (Phi) is 4.20. The average molecular weight is 450 g/mol. The molecule has 4 unspecified atom stereocenters. The van der Waals surface area contributed by atoms with Gasteiger partial charge in [-0.2, -0.15) is 45.1 Å².